The fraction of sp³-hybridized carbons (Fsp3) is 0.754. The van der Waals surface area contributed by atoms with E-state index in [-0.39, 0.29) is 37.5 Å². The molecule has 6 heteroatoms. The van der Waals surface area contributed by atoms with Crippen molar-refractivity contribution in [3.05, 3.63) is 72.9 Å². The van der Waals surface area contributed by atoms with Crippen LogP contribution in [0.15, 0.2) is 72.9 Å². The van der Waals surface area contributed by atoms with Crippen LogP contribution in [-0.2, 0) is 28.6 Å². The lowest BCUT2D eigenvalue weighted by molar-refractivity contribution is -0.167. The molecule has 67 heavy (non-hydrogen) atoms. The Hall–Kier alpha value is -3.15. The second-order valence-electron chi connectivity index (χ2n) is 18.8. The van der Waals surface area contributed by atoms with Crippen LogP contribution in [0, 0.1) is 0 Å². The first-order valence-electron chi connectivity index (χ1n) is 28.4. The average molecular weight is 936 g/mol. The van der Waals surface area contributed by atoms with Crippen molar-refractivity contribution in [2.75, 3.05) is 13.2 Å². The second kappa shape index (κ2) is 55.4. The molecule has 0 aromatic rings. The van der Waals surface area contributed by atoms with Gasteiger partial charge >= 0.3 is 17.9 Å². The third-order valence-corrected chi connectivity index (χ3v) is 12.2. The minimum absolute atomic E-state index is 0.0927. The molecule has 0 spiro atoms. The quantitative estimate of drug-likeness (QED) is 0.0262. The average Bonchev–Trinajstić information content (AvgIpc) is 3.33. The molecule has 0 N–H and O–H groups in total. The summed E-state index contributed by atoms with van der Waals surface area (Å²) in [4.78, 5) is 38.1. The van der Waals surface area contributed by atoms with Gasteiger partial charge in [-0.25, -0.2) is 0 Å². The minimum Gasteiger partial charge on any atom is -0.462 e. The molecular formula is C61H106O6. The van der Waals surface area contributed by atoms with Crippen molar-refractivity contribution in [2.24, 2.45) is 0 Å². The Kier molecular flexibility index (Phi) is 52.8. The van der Waals surface area contributed by atoms with Gasteiger partial charge in [-0.15, -0.1) is 0 Å². The molecule has 0 aliphatic carbocycles. The van der Waals surface area contributed by atoms with E-state index in [4.69, 9.17) is 14.2 Å². The summed E-state index contributed by atoms with van der Waals surface area (Å²) in [7, 11) is 0. The molecule has 0 rings (SSSR count). The highest BCUT2D eigenvalue weighted by Crippen LogP contribution is 2.15. The number of unbranched alkanes of at least 4 members (excludes halogenated alkanes) is 28. The van der Waals surface area contributed by atoms with Crippen molar-refractivity contribution in [1.29, 1.82) is 0 Å². The molecular weight excluding hydrogens is 829 g/mol. The lowest BCUT2D eigenvalue weighted by Gasteiger charge is -2.18. The number of rotatable bonds is 51. The molecule has 0 bridgehead atoms. The maximum atomic E-state index is 12.8. The van der Waals surface area contributed by atoms with Crippen LogP contribution in [0.5, 0.6) is 0 Å². The third kappa shape index (κ3) is 53.7. The maximum Gasteiger partial charge on any atom is 0.306 e. The summed E-state index contributed by atoms with van der Waals surface area (Å²) in [6.07, 6.45) is 70.3. The zero-order chi connectivity index (χ0) is 48.6. The molecule has 6 nitrogen and oxygen atoms in total. The number of carbonyl (C=O) groups excluding carboxylic acids is 3. The maximum absolute atomic E-state index is 12.8. The zero-order valence-corrected chi connectivity index (χ0v) is 44.2. The summed E-state index contributed by atoms with van der Waals surface area (Å²) in [6.45, 7) is 6.50. The first-order valence-corrected chi connectivity index (χ1v) is 28.4. The molecule has 386 valence electrons. The summed E-state index contributed by atoms with van der Waals surface area (Å²) in [5, 5.41) is 0. The largest absolute Gasteiger partial charge is 0.462 e. The molecule has 1 atom stereocenters. The fourth-order valence-corrected chi connectivity index (χ4v) is 7.89. The molecule has 0 radical (unpaired) electrons. The van der Waals surface area contributed by atoms with Crippen molar-refractivity contribution in [1.82, 2.24) is 0 Å². The van der Waals surface area contributed by atoms with E-state index in [9.17, 15) is 14.4 Å². The van der Waals surface area contributed by atoms with E-state index in [1.54, 1.807) is 0 Å². The van der Waals surface area contributed by atoms with Crippen molar-refractivity contribution < 1.29 is 28.6 Å². The molecule has 0 aliphatic heterocycles. The Balaban J connectivity index is 4.44. The predicted molar refractivity (Wildman–Crippen MR) is 288 cm³/mol. The monoisotopic (exact) mass is 935 g/mol. The molecule has 0 aliphatic rings. The lowest BCUT2D eigenvalue weighted by atomic mass is 10.1. The smallest absolute Gasteiger partial charge is 0.306 e. The number of carbonyl (C=O) groups is 3. The van der Waals surface area contributed by atoms with Crippen LogP contribution >= 0.6 is 0 Å². The van der Waals surface area contributed by atoms with Crippen molar-refractivity contribution in [2.45, 2.75) is 284 Å². The van der Waals surface area contributed by atoms with E-state index < -0.39 is 6.10 Å². The predicted octanol–water partition coefficient (Wildman–Crippen LogP) is 19.0. The van der Waals surface area contributed by atoms with E-state index in [1.807, 2.05) is 0 Å². The van der Waals surface area contributed by atoms with E-state index >= 15 is 0 Å². The van der Waals surface area contributed by atoms with Crippen LogP contribution in [0.25, 0.3) is 0 Å². The van der Waals surface area contributed by atoms with E-state index in [0.717, 1.165) is 96.3 Å². The normalized spacial score (nSPS) is 12.6. The highest BCUT2D eigenvalue weighted by Gasteiger charge is 2.19. The number of allylic oxidation sites excluding steroid dienone is 12. The molecule has 0 saturated carbocycles. The Morgan fingerprint density at radius 3 is 0.940 bits per heavy atom. The summed E-state index contributed by atoms with van der Waals surface area (Å²) < 4.78 is 16.8. The van der Waals surface area contributed by atoms with Crippen LogP contribution in [0.2, 0.25) is 0 Å². The van der Waals surface area contributed by atoms with E-state index in [1.165, 1.54) is 141 Å². The van der Waals surface area contributed by atoms with Gasteiger partial charge in [-0.2, -0.15) is 0 Å². The second-order valence-corrected chi connectivity index (χ2v) is 18.8. The SMILES string of the molecule is CC/C=C\C/C=C\C/C=C\C/C=C\CCCCCC(=O)OC(COC(=O)CCCCCCC/C=C\CCCCCCCCC)COC(=O)CCCCCCCCC/C=C\CCCCCCCC. The Bertz CT molecular complexity index is 1260. The van der Waals surface area contributed by atoms with Gasteiger partial charge in [0, 0.05) is 19.3 Å². The lowest BCUT2D eigenvalue weighted by Crippen LogP contribution is -2.30. The Morgan fingerprint density at radius 1 is 0.313 bits per heavy atom. The summed E-state index contributed by atoms with van der Waals surface area (Å²) in [6, 6.07) is 0. The van der Waals surface area contributed by atoms with Crippen LogP contribution < -0.4 is 0 Å². The van der Waals surface area contributed by atoms with Gasteiger partial charge in [-0.05, 0) is 109 Å². The van der Waals surface area contributed by atoms with Gasteiger partial charge in [0.15, 0.2) is 6.10 Å². The van der Waals surface area contributed by atoms with Gasteiger partial charge in [0.1, 0.15) is 13.2 Å². The van der Waals surface area contributed by atoms with Gasteiger partial charge in [-0.1, -0.05) is 222 Å². The summed E-state index contributed by atoms with van der Waals surface area (Å²) in [5.41, 5.74) is 0. The Labute approximate surface area is 414 Å². The highest BCUT2D eigenvalue weighted by molar-refractivity contribution is 5.71. The molecule has 0 saturated heterocycles. The van der Waals surface area contributed by atoms with Gasteiger partial charge in [-0.3, -0.25) is 14.4 Å². The number of hydrogen-bond donors (Lipinski definition) is 0. The molecule has 0 aromatic carbocycles. The Morgan fingerprint density at radius 2 is 0.582 bits per heavy atom. The molecule has 0 amide bonds. The van der Waals surface area contributed by atoms with Gasteiger partial charge < -0.3 is 14.2 Å². The minimum atomic E-state index is -0.797. The van der Waals surface area contributed by atoms with Crippen LogP contribution in [0.4, 0.5) is 0 Å². The number of esters is 3. The first-order chi connectivity index (χ1) is 33.0. The number of ether oxygens (including phenoxy) is 3. The van der Waals surface area contributed by atoms with E-state index in [2.05, 4.69) is 93.7 Å². The topological polar surface area (TPSA) is 78.9 Å². The summed E-state index contributed by atoms with van der Waals surface area (Å²) >= 11 is 0. The van der Waals surface area contributed by atoms with Gasteiger partial charge in [0.05, 0.1) is 0 Å². The number of hydrogen-bond acceptors (Lipinski definition) is 6. The highest BCUT2D eigenvalue weighted by atomic mass is 16.6. The van der Waals surface area contributed by atoms with Gasteiger partial charge in [0.2, 0.25) is 0 Å². The molecule has 0 aromatic heterocycles. The summed E-state index contributed by atoms with van der Waals surface area (Å²) in [5.74, 6) is -0.929. The first kappa shape index (κ1) is 63.8. The van der Waals surface area contributed by atoms with Gasteiger partial charge in [0.25, 0.3) is 0 Å². The van der Waals surface area contributed by atoms with Crippen LogP contribution in [-0.4, -0.2) is 37.2 Å². The molecule has 0 fully saturated rings. The van der Waals surface area contributed by atoms with Crippen molar-refractivity contribution in [3.63, 3.8) is 0 Å². The standard InChI is InChI=1S/C61H106O6/c1-4-7-10-13-16-19-22-25-28-31-34-36-39-42-45-48-51-54-60(63)66-57-58(67-61(64)55-52-49-46-43-40-37-33-30-27-24-21-18-15-12-9-6-3)56-65-59(62)53-50-47-44-41-38-35-32-29-26-23-20-17-14-11-8-5-2/h9,12,18,21,25,27-30,32,37,40,58H,4-8,10-11,13-17,19-20,22-24,26,31,33-36,38-39,41-57H2,1-3H3/b12-9-,21-18-,28-25-,30-27-,32-29-,40-37-. The van der Waals surface area contributed by atoms with E-state index in [0.29, 0.717) is 12.8 Å². The van der Waals surface area contributed by atoms with Crippen molar-refractivity contribution >= 4 is 17.9 Å². The fourth-order valence-electron chi connectivity index (χ4n) is 7.89. The molecule has 0 heterocycles. The van der Waals surface area contributed by atoms with Crippen LogP contribution in [0.1, 0.15) is 278 Å². The third-order valence-electron chi connectivity index (χ3n) is 12.2. The zero-order valence-electron chi connectivity index (χ0n) is 44.2. The molecule has 1 unspecified atom stereocenters. The van der Waals surface area contributed by atoms with Crippen molar-refractivity contribution in [3.8, 4) is 0 Å². The van der Waals surface area contributed by atoms with Crippen LogP contribution in [0.3, 0.4) is 0 Å².